The third-order valence-electron chi connectivity index (χ3n) is 2.40. The highest BCUT2D eigenvalue weighted by atomic mass is 16.5. The molecule has 0 aromatic heterocycles. The second kappa shape index (κ2) is 7.55. The summed E-state index contributed by atoms with van der Waals surface area (Å²) in [6, 6.07) is 6.96. The number of hydrogen-bond acceptors (Lipinski definition) is 4. The lowest BCUT2D eigenvalue weighted by Crippen LogP contribution is -2.36. The summed E-state index contributed by atoms with van der Waals surface area (Å²) >= 11 is 0. The van der Waals surface area contributed by atoms with E-state index in [2.05, 4.69) is 5.32 Å². The van der Waals surface area contributed by atoms with Crippen LogP contribution in [-0.4, -0.2) is 37.4 Å². The molecule has 0 heterocycles. The maximum absolute atomic E-state index is 11.5. The van der Waals surface area contributed by atoms with Crippen LogP contribution in [0, 0.1) is 0 Å². The molecule has 5 heteroatoms. The fourth-order valence-corrected chi connectivity index (χ4v) is 1.40. The van der Waals surface area contributed by atoms with Crippen LogP contribution in [0.1, 0.15) is 13.3 Å². The van der Waals surface area contributed by atoms with Crippen molar-refractivity contribution < 1.29 is 19.4 Å². The summed E-state index contributed by atoms with van der Waals surface area (Å²) in [5, 5.41) is 11.4. The Morgan fingerprint density at radius 3 is 2.50 bits per heavy atom. The van der Waals surface area contributed by atoms with Gasteiger partial charge in [-0.05, 0) is 37.6 Å². The summed E-state index contributed by atoms with van der Waals surface area (Å²) in [5.41, 5.74) is 0. The Kier molecular flexibility index (Phi) is 6.00. The number of aliphatic hydroxyl groups is 1. The first-order chi connectivity index (χ1) is 8.65. The second-order valence-electron chi connectivity index (χ2n) is 3.95. The molecule has 0 aliphatic heterocycles. The molecule has 1 aromatic carbocycles. The summed E-state index contributed by atoms with van der Waals surface area (Å²) in [6.45, 7) is 1.85. The lowest BCUT2D eigenvalue weighted by Gasteiger charge is -2.13. The Morgan fingerprint density at radius 1 is 1.33 bits per heavy atom. The Bertz CT molecular complexity index is 364. The van der Waals surface area contributed by atoms with Gasteiger partial charge in [0.2, 0.25) is 0 Å². The highest BCUT2D eigenvalue weighted by Crippen LogP contribution is 2.16. The Morgan fingerprint density at radius 2 is 1.94 bits per heavy atom. The fraction of sp³-hybridized carbons (Fsp3) is 0.462. The van der Waals surface area contributed by atoms with Crippen molar-refractivity contribution in [2.75, 3.05) is 20.3 Å². The Labute approximate surface area is 107 Å². The summed E-state index contributed by atoms with van der Waals surface area (Å²) in [4.78, 5) is 11.5. The van der Waals surface area contributed by atoms with Crippen LogP contribution in [-0.2, 0) is 4.79 Å². The third kappa shape index (κ3) is 5.05. The number of methoxy groups -OCH3 is 1. The summed E-state index contributed by atoms with van der Waals surface area (Å²) < 4.78 is 10.3. The van der Waals surface area contributed by atoms with Gasteiger partial charge in [0.1, 0.15) is 11.5 Å². The van der Waals surface area contributed by atoms with Gasteiger partial charge in [0.05, 0.1) is 7.11 Å². The quantitative estimate of drug-likeness (QED) is 0.759. The first kappa shape index (κ1) is 14.3. The van der Waals surface area contributed by atoms with E-state index < -0.39 is 0 Å². The summed E-state index contributed by atoms with van der Waals surface area (Å²) in [5.74, 6) is 1.15. The first-order valence-corrected chi connectivity index (χ1v) is 5.82. The van der Waals surface area contributed by atoms with Crippen LogP contribution in [0.5, 0.6) is 11.5 Å². The molecule has 1 aromatic rings. The summed E-state index contributed by atoms with van der Waals surface area (Å²) in [6.07, 6.45) is 0.536. The van der Waals surface area contributed by atoms with Crippen molar-refractivity contribution in [3.05, 3.63) is 24.3 Å². The topological polar surface area (TPSA) is 67.8 Å². The smallest absolute Gasteiger partial charge is 0.258 e. The van der Waals surface area contributed by atoms with Gasteiger partial charge in [-0.2, -0.15) is 0 Å². The molecule has 0 bridgehead atoms. The van der Waals surface area contributed by atoms with Crippen molar-refractivity contribution in [1.82, 2.24) is 5.32 Å². The molecule has 2 N–H and O–H groups in total. The molecule has 100 valence electrons. The standard InChI is InChI=1S/C13H19NO4/c1-10(7-8-15)14-13(16)9-18-12-5-3-11(17-2)4-6-12/h3-6,10,15H,7-9H2,1-2H3,(H,14,16). The zero-order valence-corrected chi connectivity index (χ0v) is 10.7. The minimum absolute atomic E-state index is 0.0396. The molecule has 0 aliphatic rings. The maximum Gasteiger partial charge on any atom is 0.258 e. The number of carbonyl (C=O) groups excluding carboxylic acids is 1. The van der Waals surface area contributed by atoms with Gasteiger partial charge in [0.15, 0.2) is 6.61 Å². The van der Waals surface area contributed by atoms with E-state index in [-0.39, 0.29) is 25.2 Å². The van der Waals surface area contributed by atoms with Gasteiger partial charge in [-0.3, -0.25) is 4.79 Å². The molecule has 0 radical (unpaired) electrons. The minimum Gasteiger partial charge on any atom is -0.497 e. The number of aliphatic hydroxyl groups excluding tert-OH is 1. The van der Waals surface area contributed by atoms with Crippen LogP contribution in [0.4, 0.5) is 0 Å². The van der Waals surface area contributed by atoms with E-state index in [4.69, 9.17) is 14.6 Å². The number of benzene rings is 1. The zero-order chi connectivity index (χ0) is 13.4. The zero-order valence-electron chi connectivity index (χ0n) is 10.7. The number of carbonyl (C=O) groups is 1. The number of hydrogen-bond donors (Lipinski definition) is 2. The number of rotatable bonds is 7. The lowest BCUT2D eigenvalue weighted by molar-refractivity contribution is -0.123. The van der Waals surface area contributed by atoms with E-state index in [0.29, 0.717) is 12.2 Å². The van der Waals surface area contributed by atoms with E-state index in [0.717, 1.165) is 5.75 Å². The Hall–Kier alpha value is -1.75. The highest BCUT2D eigenvalue weighted by Gasteiger charge is 2.07. The minimum atomic E-state index is -0.202. The van der Waals surface area contributed by atoms with Crippen LogP contribution in [0.3, 0.4) is 0 Å². The molecular weight excluding hydrogens is 234 g/mol. The van der Waals surface area contributed by atoms with Gasteiger partial charge < -0.3 is 19.9 Å². The highest BCUT2D eigenvalue weighted by molar-refractivity contribution is 5.77. The summed E-state index contributed by atoms with van der Waals surface area (Å²) in [7, 11) is 1.59. The van der Waals surface area contributed by atoms with Crippen LogP contribution in [0.2, 0.25) is 0 Å². The molecule has 0 aliphatic carbocycles. The largest absolute Gasteiger partial charge is 0.497 e. The van der Waals surface area contributed by atoms with Crippen molar-refractivity contribution >= 4 is 5.91 Å². The Balaban J connectivity index is 2.33. The number of amides is 1. The fourth-order valence-electron chi connectivity index (χ4n) is 1.40. The van der Waals surface area contributed by atoms with Crippen molar-refractivity contribution in [2.45, 2.75) is 19.4 Å². The average molecular weight is 253 g/mol. The SMILES string of the molecule is COc1ccc(OCC(=O)NC(C)CCO)cc1. The van der Waals surface area contributed by atoms with Crippen molar-refractivity contribution in [3.8, 4) is 11.5 Å². The van der Waals surface area contributed by atoms with Gasteiger partial charge in [-0.1, -0.05) is 0 Å². The number of ether oxygens (including phenoxy) is 2. The van der Waals surface area contributed by atoms with E-state index in [1.165, 1.54) is 0 Å². The molecule has 0 saturated carbocycles. The van der Waals surface area contributed by atoms with Crippen LogP contribution >= 0.6 is 0 Å². The predicted molar refractivity (Wildman–Crippen MR) is 67.8 cm³/mol. The van der Waals surface area contributed by atoms with Gasteiger partial charge in [0, 0.05) is 12.6 Å². The van der Waals surface area contributed by atoms with Gasteiger partial charge >= 0.3 is 0 Å². The molecule has 0 fully saturated rings. The molecule has 5 nitrogen and oxygen atoms in total. The number of nitrogens with one attached hydrogen (secondary N) is 1. The third-order valence-corrected chi connectivity index (χ3v) is 2.40. The lowest BCUT2D eigenvalue weighted by atomic mass is 10.2. The van der Waals surface area contributed by atoms with Crippen molar-refractivity contribution in [2.24, 2.45) is 0 Å². The normalized spacial score (nSPS) is 11.7. The van der Waals surface area contributed by atoms with Crippen molar-refractivity contribution in [3.63, 3.8) is 0 Å². The van der Waals surface area contributed by atoms with E-state index in [1.807, 2.05) is 6.92 Å². The average Bonchev–Trinajstić information content (AvgIpc) is 2.37. The molecule has 1 unspecified atom stereocenters. The van der Waals surface area contributed by atoms with Gasteiger partial charge in [-0.25, -0.2) is 0 Å². The van der Waals surface area contributed by atoms with Crippen molar-refractivity contribution in [1.29, 1.82) is 0 Å². The maximum atomic E-state index is 11.5. The molecule has 1 rings (SSSR count). The monoisotopic (exact) mass is 253 g/mol. The molecule has 18 heavy (non-hydrogen) atoms. The molecule has 0 saturated heterocycles. The molecule has 1 amide bonds. The van der Waals surface area contributed by atoms with E-state index in [1.54, 1.807) is 31.4 Å². The van der Waals surface area contributed by atoms with Crippen LogP contribution in [0.15, 0.2) is 24.3 Å². The molecular formula is C13H19NO4. The molecule has 0 spiro atoms. The predicted octanol–water partition coefficient (Wildman–Crippen LogP) is 0.961. The van der Waals surface area contributed by atoms with Crippen LogP contribution < -0.4 is 14.8 Å². The van der Waals surface area contributed by atoms with E-state index >= 15 is 0 Å². The second-order valence-corrected chi connectivity index (χ2v) is 3.95. The van der Waals surface area contributed by atoms with E-state index in [9.17, 15) is 4.79 Å². The van der Waals surface area contributed by atoms with Crippen LogP contribution in [0.25, 0.3) is 0 Å². The van der Waals surface area contributed by atoms with Gasteiger partial charge in [0.25, 0.3) is 5.91 Å². The first-order valence-electron chi connectivity index (χ1n) is 5.82. The molecule has 1 atom stereocenters. The van der Waals surface area contributed by atoms with Gasteiger partial charge in [-0.15, -0.1) is 0 Å².